The van der Waals surface area contributed by atoms with Gasteiger partial charge in [0.1, 0.15) is 18.0 Å². The molecule has 0 radical (unpaired) electrons. The van der Waals surface area contributed by atoms with Crippen LogP contribution in [0.1, 0.15) is 38.6 Å². The van der Waals surface area contributed by atoms with Gasteiger partial charge in [0.05, 0.1) is 0 Å². The van der Waals surface area contributed by atoms with Crippen LogP contribution in [0.5, 0.6) is 0 Å². The third-order valence-electron chi connectivity index (χ3n) is 4.65. The van der Waals surface area contributed by atoms with Crippen molar-refractivity contribution in [2.45, 2.75) is 39.2 Å². The van der Waals surface area contributed by atoms with Crippen LogP contribution >= 0.6 is 0 Å². The Morgan fingerprint density at radius 1 is 1.36 bits per heavy atom. The first-order valence-electron chi connectivity index (χ1n) is 8.73. The van der Waals surface area contributed by atoms with Crippen LogP contribution in [0.2, 0.25) is 0 Å². The molecule has 3 rings (SSSR count). The molecule has 1 N–H and O–H groups in total. The van der Waals surface area contributed by atoms with E-state index in [1.807, 2.05) is 0 Å². The Kier molecular flexibility index (Phi) is 5.31. The van der Waals surface area contributed by atoms with Crippen molar-refractivity contribution in [3.8, 4) is 0 Å². The summed E-state index contributed by atoms with van der Waals surface area (Å²) in [6.07, 6.45) is 4.53. The minimum atomic E-state index is -0.356. The molecule has 0 unspecified atom stereocenters. The van der Waals surface area contributed by atoms with Gasteiger partial charge < -0.3 is 14.8 Å². The van der Waals surface area contributed by atoms with E-state index < -0.39 is 0 Å². The van der Waals surface area contributed by atoms with E-state index in [-0.39, 0.29) is 11.8 Å². The topological polar surface area (TPSA) is 63.1 Å². The fraction of sp³-hybridized carbons (Fsp3) is 0.500. The van der Waals surface area contributed by atoms with Gasteiger partial charge in [-0.2, -0.15) is 0 Å². The van der Waals surface area contributed by atoms with Gasteiger partial charge in [0.15, 0.2) is 0 Å². The molecule has 1 aliphatic rings. The van der Waals surface area contributed by atoms with E-state index in [4.69, 9.17) is 0 Å². The molecule has 0 atom stereocenters. The van der Waals surface area contributed by atoms with E-state index in [1.54, 1.807) is 23.4 Å². The highest BCUT2D eigenvalue weighted by molar-refractivity contribution is 5.89. The maximum absolute atomic E-state index is 13.2. The Bertz CT molecular complexity index is 722. The van der Waals surface area contributed by atoms with Crippen LogP contribution in [0.15, 0.2) is 30.6 Å². The van der Waals surface area contributed by atoms with Crippen LogP contribution in [-0.2, 0) is 6.42 Å². The van der Waals surface area contributed by atoms with E-state index in [2.05, 4.69) is 33.9 Å². The number of rotatable bonds is 4. The van der Waals surface area contributed by atoms with Crippen molar-refractivity contribution >= 4 is 11.7 Å². The lowest BCUT2D eigenvalue weighted by Crippen LogP contribution is -2.41. The standard InChI is InChI=1S/C18H24FN5O/c1-13(2)24-12-20-22-17(24)10-14-6-8-23(9-7-14)18(25)21-16-5-3-4-15(19)11-16/h3-5,11-14H,6-10H2,1-2H3,(H,21,25). The number of aromatic nitrogens is 3. The van der Waals surface area contributed by atoms with E-state index in [9.17, 15) is 9.18 Å². The summed E-state index contributed by atoms with van der Waals surface area (Å²) in [5.74, 6) is 1.16. The third-order valence-corrected chi connectivity index (χ3v) is 4.65. The summed E-state index contributed by atoms with van der Waals surface area (Å²) in [6.45, 7) is 5.63. The van der Waals surface area contributed by atoms with Crippen molar-refractivity contribution in [1.29, 1.82) is 0 Å². The molecule has 0 saturated carbocycles. The quantitative estimate of drug-likeness (QED) is 0.923. The molecule has 25 heavy (non-hydrogen) atoms. The Hall–Kier alpha value is -2.44. The number of benzene rings is 1. The second-order valence-electron chi connectivity index (χ2n) is 6.82. The van der Waals surface area contributed by atoms with Gasteiger partial charge in [-0.05, 0) is 50.8 Å². The fourth-order valence-electron chi connectivity index (χ4n) is 3.21. The number of anilines is 1. The Labute approximate surface area is 147 Å². The molecule has 1 fully saturated rings. The fourth-order valence-corrected chi connectivity index (χ4v) is 3.21. The molecular formula is C18H24FN5O. The summed E-state index contributed by atoms with van der Waals surface area (Å²) in [5, 5.41) is 11.0. The van der Waals surface area contributed by atoms with Gasteiger partial charge in [0.25, 0.3) is 0 Å². The highest BCUT2D eigenvalue weighted by Crippen LogP contribution is 2.22. The predicted molar refractivity (Wildman–Crippen MR) is 93.8 cm³/mol. The molecule has 0 bridgehead atoms. The van der Waals surface area contributed by atoms with Crippen molar-refractivity contribution in [2.24, 2.45) is 5.92 Å². The summed E-state index contributed by atoms with van der Waals surface area (Å²) < 4.78 is 15.3. The smallest absolute Gasteiger partial charge is 0.321 e. The SMILES string of the molecule is CC(C)n1cnnc1CC1CCN(C(=O)Nc2cccc(F)c2)CC1. The molecule has 134 valence electrons. The highest BCUT2D eigenvalue weighted by atomic mass is 19.1. The molecule has 1 saturated heterocycles. The van der Waals surface area contributed by atoms with E-state index in [0.29, 0.717) is 30.7 Å². The van der Waals surface area contributed by atoms with Crippen LogP contribution < -0.4 is 5.32 Å². The highest BCUT2D eigenvalue weighted by Gasteiger charge is 2.24. The van der Waals surface area contributed by atoms with Crippen LogP contribution in [0, 0.1) is 11.7 Å². The first-order chi connectivity index (χ1) is 12.0. The van der Waals surface area contributed by atoms with Gasteiger partial charge in [-0.25, -0.2) is 9.18 Å². The van der Waals surface area contributed by atoms with Crippen LogP contribution in [0.4, 0.5) is 14.9 Å². The van der Waals surface area contributed by atoms with Crippen molar-refractivity contribution in [3.63, 3.8) is 0 Å². The van der Waals surface area contributed by atoms with Crippen LogP contribution in [0.3, 0.4) is 0 Å². The molecule has 1 aromatic heterocycles. The lowest BCUT2D eigenvalue weighted by molar-refractivity contribution is 0.181. The minimum absolute atomic E-state index is 0.172. The molecule has 6 nitrogen and oxygen atoms in total. The van der Waals surface area contributed by atoms with Crippen LogP contribution in [-0.4, -0.2) is 38.8 Å². The molecule has 1 aromatic carbocycles. The summed E-state index contributed by atoms with van der Waals surface area (Å²) in [7, 11) is 0. The average Bonchev–Trinajstić information content (AvgIpc) is 3.04. The number of halogens is 1. The summed E-state index contributed by atoms with van der Waals surface area (Å²) in [5.41, 5.74) is 0.483. The Morgan fingerprint density at radius 2 is 2.12 bits per heavy atom. The van der Waals surface area contributed by atoms with Crippen molar-refractivity contribution in [2.75, 3.05) is 18.4 Å². The van der Waals surface area contributed by atoms with E-state index >= 15 is 0 Å². The number of piperidine rings is 1. The van der Waals surface area contributed by atoms with Gasteiger partial charge in [-0.15, -0.1) is 10.2 Å². The average molecular weight is 345 g/mol. The molecule has 2 aromatic rings. The van der Waals surface area contributed by atoms with Crippen LogP contribution in [0.25, 0.3) is 0 Å². The number of urea groups is 1. The number of nitrogens with zero attached hydrogens (tertiary/aromatic N) is 4. The van der Waals surface area contributed by atoms with E-state index in [0.717, 1.165) is 25.1 Å². The Morgan fingerprint density at radius 3 is 2.80 bits per heavy atom. The number of likely N-dealkylation sites (tertiary alicyclic amines) is 1. The van der Waals surface area contributed by atoms with Gasteiger partial charge >= 0.3 is 6.03 Å². The number of hydrogen-bond acceptors (Lipinski definition) is 3. The number of amides is 2. The second kappa shape index (κ2) is 7.63. The third kappa shape index (κ3) is 4.35. The summed E-state index contributed by atoms with van der Waals surface area (Å²) >= 11 is 0. The van der Waals surface area contributed by atoms with E-state index in [1.165, 1.54) is 12.1 Å². The monoisotopic (exact) mass is 345 g/mol. The molecule has 2 amide bonds. The van der Waals surface area contributed by atoms with Gasteiger partial charge in [0.2, 0.25) is 0 Å². The zero-order chi connectivity index (χ0) is 17.8. The minimum Gasteiger partial charge on any atom is -0.325 e. The largest absolute Gasteiger partial charge is 0.325 e. The molecule has 0 spiro atoms. The second-order valence-corrected chi connectivity index (χ2v) is 6.82. The lowest BCUT2D eigenvalue weighted by Gasteiger charge is -2.32. The van der Waals surface area contributed by atoms with Crippen molar-refractivity contribution < 1.29 is 9.18 Å². The lowest BCUT2D eigenvalue weighted by atomic mass is 9.93. The summed E-state index contributed by atoms with van der Waals surface area (Å²) in [6, 6.07) is 6.13. The van der Waals surface area contributed by atoms with Gasteiger partial charge in [-0.3, -0.25) is 0 Å². The number of nitrogens with one attached hydrogen (secondary N) is 1. The number of hydrogen-bond donors (Lipinski definition) is 1. The number of carbonyl (C=O) groups excluding carboxylic acids is 1. The Balaban J connectivity index is 1.51. The first-order valence-corrected chi connectivity index (χ1v) is 8.73. The molecular weight excluding hydrogens is 321 g/mol. The molecule has 7 heteroatoms. The zero-order valence-electron chi connectivity index (χ0n) is 14.7. The predicted octanol–water partition coefficient (Wildman–Crippen LogP) is 3.48. The zero-order valence-corrected chi connectivity index (χ0v) is 14.7. The molecule has 0 aliphatic carbocycles. The summed E-state index contributed by atoms with van der Waals surface area (Å²) in [4.78, 5) is 14.1. The molecule has 1 aliphatic heterocycles. The molecule has 2 heterocycles. The van der Waals surface area contributed by atoms with Gasteiger partial charge in [0, 0.05) is 31.2 Å². The maximum atomic E-state index is 13.2. The first kappa shape index (κ1) is 17.4. The van der Waals surface area contributed by atoms with Gasteiger partial charge in [-0.1, -0.05) is 6.07 Å². The van der Waals surface area contributed by atoms with Crippen molar-refractivity contribution in [1.82, 2.24) is 19.7 Å². The normalized spacial score (nSPS) is 15.6. The maximum Gasteiger partial charge on any atom is 0.321 e. The van der Waals surface area contributed by atoms with Crippen molar-refractivity contribution in [3.05, 3.63) is 42.2 Å². The number of carbonyl (C=O) groups is 1.